The standard InChI is InChI=1S/C12H19NO/c1-4-6-12(14)13-8-5-7-11(9-13)10(2)3/h10-11H,5,7-9H2,1-3H3. The minimum Gasteiger partial charge on any atom is -0.332 e. The van der Waals surface area contributed by atoms with Crippen LogP contribution in [0.25, 0.3) is 0 Å². The van der Waals surface area contributed by atoms with Crippen molar-refractivity contribution in [3.63, 3.8) is 0 Å². The van der Waals surface area contributed by atoms with Crippen molar-refractivity contribution in [3.8, 4) is 11.8 Å². The first-order valence-corrected chi connectivity index (χ1v) is 5.36. The summed E-state index contributed by atoms with van der Waals surface area (Å²) in [5.74, 6) is 6.60. The van der Waals surface area contributed by atoms with E-state index in [0.717, 1.165) is 19.5 Å². The second kappa shape index (κ2) is 5.05. The highest BCUT2D eigenvalue weighted by Gasteiger charge is 2.24. The molecule has 0 saturated carbocycles. The van der Waals surface area contributed by atoms with Gasteiger partial charge in [-0.15, -0.1) is 0 Å². The van der Waals surface area contributed by atoms with Gasteiger partial charge in [0.05, 0.1) is 0 Å². The summed E-state index contributed by atoms with van der Waals surface area (Å²) in [5, 5.41) is 0. The van der Waals surface area contributed by atoms with Crippen LogP contribution in [-0.4, -0.2) is 23.9 Å². The van der Waals surface area contributed by atoms with Crippen molar-refractivity contribution >= 4 is 5.91 Å². The van der Waals surface area contributed by atoms with E-state index in [1.54, 1.807) is 6.92 Å². The molecule has 0 bridgehead atoms. The van der Waals surface area contributed by atoms with Crippen LogP contribution in [0, 0.1) is 23.7 Å². The summed E-state index contributed by atoms with van der Waals surface area (Å²) in [6, 6.07) is 0. The highest BCUT2D eigenvalue weighted by Crippen LogP contribution is 2.23. The van der Waals surface area contributed by atoms with Gasteiger partial charge in [-0.05, 0) is 37.5 Å². The van der Waals surface area contributed by atoms with Gasteiger partial charge >= 0.3 is 0 Å². The number of carbonyl (C=O) groups is 1. The van der Waals surface area contributed by atoms with Crippen LogP contribution in [0.5, 0.6) is 0 Å². The molecule has 1 fully saturated rings. The van der Waals surface area contributed by atoms with Crippen molar-refractivity contribution in [2.75, 3.05) is 13.1 Å². The molecule has 78 valence electrons. The molecule has 0 aromatic rings. The fraction of sp³-hybridized carbons (Fsp3) is 0.750. The van der Waals surface area contributed by atoms with Crippen molar-refractivity contribution in [3.05, 3.63) is 0 Å². The van der Waals surface area contributed by atoms with Crippen molar-refractivity contribution in [1.29, 1.82) is 0 Å². The Morgan fingerprint density at radius 1 is 1.50 bits per heavy atom. The Kier molecular flexibility index (Phi) is 4.00. The molecule has 1 rings (SSSR count). The first-order chi connectivity index (χ1) is 6.65. The lowest BCUT2D eigenvalue weighted by Crippen LogP contribution is -2.40. The highest BCUT2D eigenvalue weighted by molar-refractivity contribution is 5.93. The maximum atomic E-state index is 11.5. The molecule has 0 aromatic heterocycles. The Balaban J connectivity index is 2.54. The number of carbonyl (C=O) groups excluding carboxylic acids is 1. The third-order valence-electron chi connectivity index (χ3n) is 2.92. The van der Waals surface area contributed by atoms with Gasteiger partial charge in [0.2, 0.25) is 0 Å². The van der Waals surface area contributed by atoms with Crippen LogP contribution in [0.3, 0.4) is 0 Å². The fourth-order valence-electron chi connectivity index (χ4n) is 1.92. The van der Waals surface area contributed by atoms with Crippen LogP contribution in [-0.2, 0) is 4.79 Å². The van der Waals surface area contributed by atoms with Crippen LogP contribution in [0.4, 0.5) is 0 Å². The zero-order chi connectivity index (χ0) is 10.6. The fourth-order valence-corrected chi connectivity index (χ4v) is 1.92. The summed E-state index contributed by atoms with van der Waals surface area (Å²) in [6.07, 6.45) is 2.38. The lowest BCUT2D eigenvalue weighted by Gasteiger charge is -2.33. The topological polar surface area (TPSA) is 20.3 Å². The second-order valence-electron chi connectivity index (χ2n) is 4.27. The van der Waals surface area contributed by atoms with E-state index in [-0.39, 0.29) is 5.91 Å². The van der Waals surface area contributed by atoms with E-state index >= 15 is 0 Å². The first kappa shape index (κ1) is 11.1. The molecular weight excluding hydrogens is 174 g/mol. The second-order valence-corrected chi connectivity index (χ2v) is 4.27. The quantitative estimate of drug-likeness (QED) is 0.582. The van der Waals surface area contributed by atoms with Gasteiger partial charge in [0, 0.05) is 13.1 Å². The maximum Gasteiger partial charge on any atom is 0.298 e. The summed E-state index contributed by atoms with van der Waals surface area (Å²) in [5.41, 5.74) is 0. The van der Waals surface area contributed by atoms with Gasteiger partial charge < -0.3 is 4.90 Å². The molecule has 0 aromatic carbocycles. The third kappa shape index (κ3) is 2.77. The maximum absolute atomic E-state index is 11.5. The lowest BCUT2D eigenvalue weighted by molar-refractivity contribution is -0.127. The summed E-state index contributed by atoms with van der Waals surface area (Å²) in [4.78, 5) is 13.4. The van der Waals surface area contributed by atoms with Gasteiger partial charge in [-0.2, -0.15) is 0 Å². The van der Waals surface area contributed by atoms with Crippen LogP contribution >= 0.6 is 0 Å². The van der Waals surface area contributed by atoms with Gasteiger partial charge in [-0.25, -0.2) is 0 Å². The van der Waals surface area contributed by atoms with E-state index in [2.05, 4.69) is 25.7 Å². The monoisotopic (exact) mass is 193 g/mol. The first-order valence-electron chi connectivity index (χ1n) is 5.36. The van der Waals surface area contributed by atoms with Crippen molar-refractivity contribution < 1.29 is 4.79 Å². The number of hydrogen-bond acceptors (Lipinski definition) is 1. The number of hydrogen-bond donors (Lipinski definition) is 0. The number of piperidine rings is 1. The number of amides is 1. The highest BCUT2D eigenvalue weighted by atomic mass is 16.2. The normalized spacial score (nSPS) is 21.7. The molecule has 1 aliphatic heterocycles. The van der Waals surface area contributed by atoms with Gasteiger partial charge in [0.25, 0.3) is 5.91 Å². The Bertz CT molecular complexity index is 259. The Labute approximate surface area is 86.7 Å². The molecule has 1 aliphatic rings. The SMILES string of the molecule is CC#CC(=O)N1CCCC(C(C)C)C1. The molecule has 2 nitrogen and oxygen atoms in total. The molecule has 1 amide bonds. The molecule has 14 heavy (non-hydrogen) atoms. The molecular formula is C12H19NO. The predicted octanol–water partition coefficient (Wildman–Crippen LogP) is 1.90. The summed E-state index contributed by atoms with van der Waals surface area (Å²) in [6.45, 7) is 7.94. The molecule has 1 saturated heterocycles. The molecule has 0 aliphatic carbocycles. The molecule has 1 heterocycles. The largest absolute Gasteiger partial charge is 0.332 e. The van der Waals surface area contributed by atoms with Crippen LogP contribution in [0.2, 0.25) is 0 Å². The van der Waals surface area contributed by atoms with Gasteiger partial charge in [-0.1, -0.05) is 19.8 Å². The third-order valence-corrected chi connectivity index (χ3v) is 2.92. The van der Waals surface area contributed by atoms with E-state index < -0.39 is 0 Å². The molecule has 0 spiro atoms. The Hall–Kier alpha value is -0.970. The molecule has 1 atom stereocenters. The van der Waals surface area contributed by atoms with Gasteiger partial charge in [0.15, 0.2) is 0 Å². The number of rotatable bonds is 1. The number of likely N-dealkylation sites (tertiary alicyclic amines) is 1. The van der Waals surface area contributed by atoms with E-state index in [9.17, 15) is 4.79 Å². The molecule has 2 heteroatoms. The summed E-state index contributed by atoms with van der Waals surface area (Å²) in [7, 11) is 0. The lowest BCUT2D eigenvalue weighted by atomic mass is 9.88. The zero-order valence-electron chi connectivity index (χ0n) is 9.34. The molecule has 0 N–H and O–H groups in total. The van der Waals surface area contributed by atoms with E-state index in [1.807, 2.05) is 4.90 Å². The molecule has 0 radical (unpaired) electrons. The van der Waals surface area contributed by atoms with Gasteiger partial charge in [0.1, 0.15) is 0 Å². The van der Waals surface area contributed by atoms with Crippen LogP contribution in [0.1, 0.15) is 33.6 Å². The van der Waals surface area contributed by atoms with Crippen molar-refractivity contribution in [2.45, 2.75) is 33.6 Å². The van der Waals surface area contributed by atoms with E-state index in [4.69, 9.17) is 0 Å². The van der Waals surface area contributed by atoms with Crippen LogP contribution < -0.4 is 0 Å². The van der Waals surface area contributed by atoms with E-state index in [0.29, 0.717) is 11.8 Å². The van der Waals surface area contributed by atoms with Crippen LogP contribution in [0.15, 0.2) is 0 Å². The molecule has 1 unspecified atom stereocenters. The minimum atomic E-state index is -0.00199. The average molecular weight is 193 g/mol. The van der Waals surface area contributed by atoms with Crippen molar-refractivity contribution in [2.24, 2.45) is 11.8 Å². The van der Waals surface area contributed by atoms with Gasteiger partial charge in [-0.3, -0.25) is 4.79 Å². The zero-order valence-corrected chi connectivity index (χ0v) is 9.34. The van der Waals surface area contributed by atoms with Crippen molar-refractivity contribution in [1.82, 2.24) is 4.90 Å². The number of nitrogens with zero attached hydrogens (tertiary/aromatic N) is 1. The summed E-state index contributed by atoms with van der Waals surface area (Å²) >= 11 is 0. The smallest absolute Gasteiger partial charge is 0.298 e. The average Bonchev–Trinajstić information content (AvgIpc) is 2.18. The van der Waals surface area contributed by atoms with E-state index in [1.165, 1.54) is 6.42 Å². The Morgan fingerprint density at radius 3 is 2.79 bits per heavy atom. The Morgan fingerprint density at radius 2 is 2.21 bits per heavy atom. The predicted molar refractivity (Wildman–Crippen MR) is 57.6 cm³/mol. The summed E-state index contributed by atoms with van der Waals surface area (Å²) < 4.78 is 0. The minimum absolute atomic E-state index is 0.00199.